The van der Waals surface area contributed by atoms with Gasteiger partial charge in [0, 0.05) is 24.2 Å². The minimum Gasteiger partial charge on any atom is -0.492 e. The van der Waals surface area contributed by atoms with Gasteiger partial charge in [0.25, 0.3) is 0 Å². The number of aromatic nitrogens is 2. The third-order valence-corrected chi connectivity index (χ3v) is 3.65. The first-order valence-corrected chi connectivity index (χ1v) is 7.41. The van der Waals surface area contributed by atoms with E-state index in [-0.39, 0.29) is 0 Å². The minimum absolute atomic E-state index is 0.390. The molecule has 0 atom stereocenters. The summed E-state index contributed by atoms with van der Waals surface area (Å²) in [6, 6.07) is 9.41. The largest absolute Gasteiger partial charge is 0.492 e. The van der Waals surface area contributed by atoms with Gasteiger partial charge in [-0.2, -0.15) is 0 Å². The molecule has 6 heteroatoms. The van der Waals surface area contributed by atoms with Crippen molar-refractivity contribution in [1.29, 1.82) is 0 Å². The summed E-state index contributed by atoms with van der Waals surface area (Å²) in [5, 5.41) is 0. The summed E-state index contributed by atoms with van der Waals surface area (Å²) < 4.78 is 34.4. The Balaban J connectivity index is 1.81. The Hall–Kier alpha value is -2.63. The number of nitrogens with two attached hydrogens (primary N) is 1. The number of nitrogens with zero attached hydrogens (tertiary/aromatic N) is 2. The van der Waals surface area contributed by atoms with Crippen LogP contribution in [-0.2, 0) is 13.0 Å². The van der Waals surface area contributed by atoms with E-state index in [4.69, 9.17) is 10.5 Å². The highest BCUT2D eigenvalue weighted by atomic mass is 19.2. The molecule has 2 aromatic carbocycles. The highest BCUT2D eigenvalue weighted by Gasteiger charge is 2.13. The second kappa shape index (κ2) is 6.24. The highest BCUT2D eigenvalue weighted by molar-refractivity contribution is 5.76. The van der Waals surface area contributed by atoms with Crippen molar-refractivity contribution >= 4 is 16.7 Å². The van der Waals surface area contributed by atoms with Gasteiger partial charge in [-0.15, -0.1) is 0 Å². The van der Waals surface area contributed by atoms with Crippen LogP contribution in [0.1, 0.15) is 12.7 Å². The van der Waals surface area contributed by atoms with E-state index in [0.717, 1.165) is 11.9 Å². The molecule has 3 aromatic rings. The Labute approximate surface area is 132 Å². The summed E-state index contributed by atoms with van der Waals surface area (Å²) >= 11 is 0. The average Bonchev–Trinajstić information content (AvgIpc) is 2.87. The Morgan fingerprint density at radius 2 is 1.83 bits per heavy atom. The molecule has 0 radical (unpaired) electrons. The summed E-state index contributed by atoms with van der Waals surface area (Å²) in [5.41, 5.74) is 7.32. The van der Waals surface area contributed by atoms with Crippen molar-refractivity contribution < 1.29 is 13.5 Å². The summed E-state index contributed by atoms with van der Waals surface area (Å²) in [6.07, 6.45) is 0.666. The van der Waals surface area contributed by atoms with Crippen LogP contribution in [0.15, 0.2) is 36.4 Å². The maximum Gasteiger partial charge on any atom is 0.161 e. The van der Waals surface area contributed by atoms with E-state index in [1.54, 1.807) is 24.3 Å². The molecule has 0 spiro atoms. The van der Waals surface area contributed by atoms with Crippen LogP contribution in [0, 0.1) is 11.6 Å². The van der Waals surface area contributed by atoms with Crippen molar-refractivity contribution in [3.05, 3.63) is 53.9 Å². The van der Waals surface area contributed by atoms with Gasteiger partial charge < -0.3 is 15.0 Å². The van der Waals surface area contributed by atoms with Crippen molar-refractivity contribution in [1.82, 2.24) is 9.55 Å². The van der Waals surface area contributed by atoms with Crippen LogP contribution >= 0.6 is 0 Å². The van der Waals surface area contributed by atoms with Crippen LogP contribution in [0.5, 0.6) is 5.75 Å². The molecule has 2 N–H and O–H groups in total. The quantitative estimate of drug-likeness (QED) is 0.732. The predicted molar refractivity (Wildman–Crippen MR) is 85.4 cm³/mol. The first-order valence-electron chi connectivity index (χ1n) is 7.41. The zero-order valence-electron chi connectivity index (χ0n) is 12.7. The van der Waals surface area contributed by atoms with Gasteiger partial charge in [0.2, 0.25) is 0 Å². The molecule has 1 aromatic heterocycles. The lowest BCUT2D eigenvalue weighted by Gasteiger charge is -2.10. The van der Waals surface area contributed by atoms with Crippen LogP contribution < -0.4 is 10.5 Å². The molecule has 4 nitrogen and oxygen atoms in total. The maximum absolute atomic E-state index is 13.5. The first kappa shape index (κ1) is 15.3. The Kier molecular flexibility index (Phi) is 4.14. The molecule has 0 aliphatic carbocycles. The van der Waals surface area contributed by atoms with Gasteiger partial charge in [-0.05, 0) is 24.3 Å². The summed E-state index contributed by atoms with van der Waals surface area (Å²) in [7, 11) is 0. The van der Waals surface area contributed by atoms with E-state index in [2.05, 4.69) is 4.98 Å². The molecule has 0 fully saturated rings. The fraction of sp³-hybridized carbons (Fsp3) is 0.235. The number of ether oxygens (including phenoxy) is 1. The molecule has 0 unspecified atom stereocenters. The fourth-order valence-electron chi connectivity index (χ4n) is 2.51. The first-order chi connectivity index (χ1) is 11.1. The molecule has 120 valence electrons. The zero-order valence-corrected chi connectivity index (χ0v) is 12.7. The van der Waals surface area contributed by atoms with Gasteiger partial charge in [-0.3, -0.25) is 0 Å². The van der Waals surface area contributed by atoms with Crippen LogP contribution in [0.2, 0.25) is 0 Å². The van der Waals surface area contributed by atoms with Crippen molar-refractivity contribution in [2.24, 2.45) is 0 Å². The predicted octanol–water partition coefficient (Wildman–Crippen LogP) is 3.54. The molecule has 0 bridgehead atoms. The Bertz CT molecular complexity index is 828. The normalized spacial score (nSPS) is 11.1. The van der Waals surface area contributed by atoms with Crippen molar-refractivity contribution in [2.75, 3.05) is 12.3 Å². The summed E-state index contributed by atoms with van der Waals surface area (Å²) in [4.78, 5) is 4.35. The number of hydrogen-bond acceptors (Lipinski definition) is 3. The van der Waals surface area contributed by atoms with E-state index >= 15 is 0 Å². The second-order valence-electron chi connectivity index (χ2n) is 5.21. The number of imidazole rings is 1. The van der Waals surface area contributed by atoms with Gasteiger partial charge in [-0.1, -0.05) is 6.92 Å². The van der Waals surface area contributed by atoms with E-state index in [9.17, 15) is 8.78 Å². The van der Waals surface area contributed by atoms with Gasteiger partial charge in [0.05, 0.1) is 17.6 Å². The number of fused-ring (bicyclic) bond motifs is 1. The minimum atomic E-state index is -0.886. The molecular formula is C17H17F2N3O. The number of halogens is 2. The molecule has 0 saturated heterocycles. The zero-order chi connectivity index (χ0) is 16.4. The molecule has 0 aliphatic rings. The topological polar surface area (TPSA) is 53.1 Å². The number of anilines is 1. The van der Waals surface area contributed by atoms with Crippen molar-refractivity contribution in [3.8, 4) is 5.75 Å². The molecule has 0 aliphatic heterocycles. The van der Waals surface area contributed by atoms with Gasteiger partial charge in [0.15, 0.2) is 11.6 Å². The van der Waals surface area contributed by atoms with Crippen LogP contribution in [0.25, 0.3) is 11.0 Å². The number of rotatable bonds is 5. The third-order valence-electron chi connectivity index (χ3n) is 3.65. The number of hydrogen-bond donors (Lipinski definition) is 1. The Morgan fingerprint density at radius 1 is 1.13 bits per heavy atom. The molecule has 23 heavy (non-hydrogen) atoms. The maximum atomic E-state index is 13.5. The van der Waals surface area contributed by atoms with Crippen molar-refractivity contribution in [3.63, 3.8) is 0 Å². The number of benzene rings is 2. The summed E-state index contributed by atoms with van der Waals surface area (Å²) in [6.45, 7) is 2.84. The highest BCUT2D eigenvalue weighted by Crippen LogP contribution is 2.21. The molecule has 0 amide bonds. The van der Waals surface area contributed by atoms with Gasteiger partial charge in [0.1, 0.15) is 18.2 Å². The lowest BCUT2D eigenvalue weighted by atomic mass is 10.3. The average molecular weight is 317 g/mol. The van der Waals surface area contributed by atoms with E-state index in [0.29, 0.717) is 42.0 Å². The second-order valence-corrected chi connectivity index (χ2v) is 5.21. The van der Waals surface area contributed by atoms with E-state index in [1.807, 2.05) is 11.5 Å². The van der Waals surface area contributed by atoms with Crippen LogP contribution in [0.4, 0.5) is 14.5 Å². The monoisotopic (exact) mass is 317 g/mol. The SMILES string of the molecule is CCc1nc2cc(F)c(F)cc2n1CCOc1ccc(N)cc1. The van der Waals surface area contributed by atoms with Crippen LogP contribution in [0.3, 0.4) is 0 Å². The molecular weight excluding hydrogens is 300 g/mol. The molecule has 3 rings (SSSR count). The fourth-order valence-corrected chi connectivity index (χ4v) is 2.51. The van der Waals surface area contributed by atoms with Gasteiger partial charge in [-0.25, -0.2) is 13.8 Å². The summed E-state index contributed by atoms with van der Waals surface area (Å²) in [5.74, 6) is -0.284. The lowest BCUT2D eigenvalue weighted by molar-refractivity contribution is 0.298. The number of nitrogen functional groups attached to an aromatic ring is 1. The smallest absolute Gasteiger partial charge is 0.161 e. The standard InChI is InChI=1S/C17H17F2N3O/c1-2-17-21-15-9-13(18)14(19)10-16(15)22(17)7-8-23-12-5-3-11(20)4-6-12/h3-6,9-10H,2,7-8,20H2,1H3. The van der Waals surface area contributed by atoms with Crippen LogP contribution in [-0.4, -0.2) is 16.2 Å². The van der Waals surface area contributed by atoms with Gasteiger partial charge >= 0.3 is 0 Å². The third kappa shape index (κ3) is 3.11. The van der Waals surface area contributed by atoms with Crippen molar-refractivity contribution in [2.45, 2.75) is 19.9 Å². The molecule has 0 saturated carbocycles. The number of aryl methyl sites for hydroxylation is 1. The van der Waals surface area contributed by atoms with E-state index < -0.39 is 11.6 Å². The molecule has 1 heterocycles. The Morgan fingerprint density at radius 3 is 2.52 bits per heavy atom. The van der Waals surface area contributed by atoms with E-state index in [1.165, 1.54) is 6.07 Å². The lowest BCUT2D eigenvalue weighted by Crippen LogP contribution is -2.11.